The minimum absolute atomic E-state index is 0.614. The number of rotatable bonds is 9. The van der Waals surface area contributed by atoms with Gasteiger partial charge in [-0.1, -0.05) is 6.92 Å². The van der Waals surface area contributed by atoms with Gasteiger partial charge in [0, 0.05) is 19.1 Å². The van der Waals surface area contributed by atoms with E-state index in [4.69, 9.17) is 0 Å². The summed E-state index contributed by atoms with van der Waals surface area (Å²) >= 11 is 0. The number of nitrogens with zero attached hydrogens (tertiary/aromatic N) is 2. The molecule has 1 heterocycles. The first-order valence-electron chi connectivity index (χ1n) is 7.26. The summed E-state index contributed by atoms with van der Waals surface area (Å²) in [6, 6.07) is 2.73. The number of hydrogen-bond acceptors (Lipinski definition) is 4. The number of anilines is 2. The first-order valence-corrected chi connectivity index (χ1v) is 7.26. The zero-order valence-corrected chi connectivity index (χ0v) is 12.7. The first kappa shape index (κ1) is 15.8. The van der Waals surface area contributed by atoms with E-state index in [1.807, 2.05) is 12.4 Å². The van der Waals surface area contributed by atoms with Gasteiger partial charge in [-0.3, -0.25) is 4.98 Å². The highest BCUT2D eigenvalue weighted by Crippen LogP contribution is 2.12. The lowest BCUT2D eigenvalue weighted by Gasteiger charge is -2.20. The second-order valence-electron chi connectivity index (χ2n) is 5.24. The Hall–Kier alpha value is -1.29. The second-order valence-corrected chi connectivity index (χ2v) is 5.24. The topological polar surface area (TPSA) is 40.2 Å². The number of pyridine rings is 1. The van der Waals surface area contributed by atoms with Gasteiger partial charge in [0.15, 0.2) is 0 Å². The fraction of sp³-hybridized carbons (Fsp3) is 0.667. The Morgan fingerprint density at radius 3 is 2.37 bits per heavy atom. The van der Waals surface area contributed by atoms with E-state index in [0.717, 1.165) is 43.9 Å². The van der Waals surface area contributed by atoms with Gasteiger partial charge in [0.2, 0.25) is 0 Å². The maximum atomic E-state index is 4.24. The molecule has 19 heavy (non-hydrogen) atoms. The van der Waals surface area contributed by atoms with Crippen molar-refractivity contribution < 1.29 is 0 Å². The molecule has 1 aromatic rings. The third-order valence-electron chi connectivity index (χ3n) is 3.22. The SMILES string of the molecule is CCCNc1cncc(NCCCN(C)C(C)C)c1. The Morgan fingerprint density at radius 2 is 1.79 bits per heavy atom. The summed E-state index contributed by atoms with van der Waals surface area (Å²) in [6.07, 6.45) is 6.01. The smallest absolute Gasteiger partial charge is 0.0547 e. The van der Waals surface area contributed by atoms with Crippen molar-refractivity contribution in [3.63, 3.8) is 0 Å². The van der Waals surface area contributed by atoms with E-state index in [0.29, 0.717) is 6.04 Å². The van der Waals surface area contributed by atoms with Crippen molar-refractivity contribution in [3.05, 3.63) is 18.5 Å². The molecule has 0 amide bonds. The van der Waals surface area contributed by atoms with Crippen LogP contribution in [0.5, 0.6) is 0 Å². The van der Waals surface area contributed by atoms with Crippen LogP contribution in [-0.4, -0.2) is 42.6 Å². The van der Waals surface area contributed by atoms with Crippen molar-refractivity contribution in [1.82, 2.24) is 9.88 Å². The highest BCUT2D eigenvalue weighted by atomic mass is 15.1. The molecule has 0 aliphatic heterocycles. The minimum Gasteiger partial charge on any atom is -0.384 e. The van der Waals surface area contributed by atoms with Crippen molar-refractivity contribution in [1.29, 1.82) is 0 Å². The summed E-state index contributed by atoms with van der Waals surface area (Å²) in [5.74, 6) is 0. The van der Waals surface area contributed by atoms with Crippen LogP contribution in [0.2, 0.25) is 0 Å². The molecule has 108 valence electrons. The molecule has 0 bridgehead atoms. The maximum Gasteiger partial charge on any atom is 0.0547 e. The Labute approximate surface area is 117 Å². The van der Waals surface area contributed by atoms with E-state index in [2.05, 4.69) is 54.4 Å². The van der Waals surface area contributed by atoms with Gasteiger partial charge in [-0.05, 0) is 46.3 Å². The molecular formula is C15H28N4. The van der Waals surface area contributed by atoms with Crippen molar-refractivity contribution in [2.75, 3.05) is 37.3 Å². The molecular weight excluding hydrogens is 236 g/mol. The van der Waals surface area contributed by atoms with Crippen LogP contribution in [0.15, 0.2) is 18.5 Å². The van der Waals surface area contributed by atoms with Crippen LogP contribution in [0.4, 0.5) is 11.4 Å². The molecule has 0 aliphatic carbocycles. The predicted molar refractivity (Wildman–Crippen MR) is 83.9 cm³/mol. The van der Waals surface area contributed by atoms with Crippen molar-refractivity contribution in [2.24, 2.45) is 0 Å². The largest absolute Gasteiger partial charge is 0.384 e. The molecule has 0 saturated carbocycles. The summed E-state index contributed by atoms with van der Waals surface area (Å²) in [5.41, 5.74) is 2.18. The molecule has 4 heteroatoms. The van der Waals surface area contributed by atoms with E-state index in [1.165, 1.54) is 0 Å². The monoisotopic (exact) mass is 264 g/mol. The van der Waals surface area contributed by atoms with Gasteiger partial charge in [0.25, 0.3) is 0 Å². The number of aromatic nitrogens is 1. The zero-order chi connectivity index (χ0) is 14.1. The molecule has 1 aromatic heterocycles. The normalized spacial score (nSPS) is 11.1. The Balaban J connectivity index is 2.29. The maximum absolute atomic E-state index is 4.24. The van der Waals surface area contributed by atoms with E-state index in [-0.39, 0.29) is 0 Å². The lowest BCUT2D eigenvalue weighted by molar-refractivity contribution is 0.273. The van der Waals surface area contributed by atoms with E-state index in [1.54, 1.807) is 0 Å². The van der Waals surface area contributed by atoms with Crippen molar-refractivity contribution in [3.8, 4) is 0 Å². The molecule has 0 fully saturated rings. The van der Waals surface area contributed by atoms with Crippen LogP contribution in [0, 0.1) is 0 Å². The van der Waals surface area contributed by atoms with Crippen LogP contribution in [0.25, 0.3) is 0 Å². The molecule has 2 N–H and O–H groups in total. The van der Waals surface area contributed by atoms with Crippen molar-refractivity contribution in [2.45, 2.75) is 39.7 Å². The fourth-order valence-corrected chi connectivity index (χ4v) is 1.72. The fourth-order valence-electron chi connectivity index (χ4n) is 1.72. The zero-order valence-electron chi connectivity index (χ0n) is 12.7. The second kappa shape index (κ2) is 8.75. The van der Waals surface area contributed by atoms with Crippen molar-refractivity contribution >= 4 is 11.4 Å². The van der Waals surface area contributed by atoms with Gasteiger partial charge in [-0.15, -0.1) is 0 Å². The summed E-state index contributed by atoms with van der Waals surface area (Å²) < 4.78 is 0. The van der Waals surface area contributed by atoms with Gasteiger partial charge >= 0.3 is 0 Å². The Kier molecular flexibility index (Phi) is 7.26. The summed E-state index contributed by atoms with van der Waals surface area (Å²) in [5, 5.41) is 6.77. The van der Waals surface area contributed by atoms with Gasteiger partial charge in [0.05, 0.1) is 23.8 Å². The number of nitrogens with one attached hydrogen (secondary N) is 2. The van der Waals surface area contributed by atoms with Crippen LogP contribution in [0.1, 0.15) is 33.6 Å². The standard InChI is InChI=1S/C15H28N4/c1-5-7-17-14-10-15(12-16-11-14)18-8-6-9-19(4)13(2)3/h10-13,17-18H,5-9H2,1-4H3. The lowest BCUT2D eigenvalue weighted by Crippen LogP contribution is -2.28. The Bertz CT molecular complexity index is 352. The molecule has 0 spiro atoms. The van der Waals surface area contributed by atoms with Crippen LogP contribution in [0.3, 0.4) is 0 Å². The summed E-state index contributed by atoms with van der Waals surface area (Å²) in [6.45, 7) is 9.69. The van der Waals surface area contributed by atoms with Gasteiger partial charge in [-0.25, -0.2) is 0 Å². The molecule has 1 rings (SSSR count). The molecule has 0 aliphatic rings. The molecule has 4 nitrogen and oxygen atoms in total. The molecule has 0 saturated heterocycles. The van der Waals surface area contributed by atoms with Gasteiger partial charge in [0.1, 0.15) is 0 Å². The summed E-state index contributed by atoms with van der Waals surface area (Å²) in [4.78, 5) is 6.60. The summed E-state index contributed by atoms with van der Waals surface area (Å²) in [7, 11) is 2.17. The molecule has 0 atom stereocenters. The third-order valence-corrected chi connectivity index (χ3v) is 3.22. The average molecular weight is 264 g/mol. The third kappa shape index (κ3) is 6.43. The molecule has 0 aromatic carbocycles. The van der Waals surface area contributed by atoms with E-state index in [9.17, 15) is 0 Å². The van der Waals surface area contributed by atoms with Gasteiger partial charge in [-0.2, -0.15) is 0 Å². The minimum atomic E-state index is 0.614. The van der Waals surface area contributed by atoms with E-state index < -0.39 is 0 Å². The lowest BCUT2D eigenvalue weighted by atomic mass is 10.3. The van der Waals surface area contributed by atoms with Crippen LogP contribution < -0.4 is 10.6 Å². The highest BCUT2D eigenvalue weighted by Gasteiger charge is 2.02. The molecule has 0 radical (unpaired) electrons. The highest BCUT2D eigenvalue weighted by molar-refractivity contribution is 5.53. The van der Waals surface area contributed by atoms with Gasteiger partial charge < -0.3 is 15.5 Å². The van der Waals surface area contributed by atoms with Crippen LogP contribution in [-0.2, 0) is 0 Å². The van der Waals surface area contributed by atoms with Crippen LogP contribution >= 0.6 is 0 Å². The molecule has 0 unspecified atom stereocenters. The Morgan fingerprint density at radius 1 is 1.16 bits per heavy atom. The first-order chi connectivity index (χ1) is 9.13. The predicted octanol–water partition coefficient (Wildman–Crippen LogP) is 3.05. The number of hydrogen-bond donors (Lipinski definition) is 2. The van der Waals surface area contributed by atoms with E-state index >= 15 is 0 Å². The average Bonchev–Trinajstić information content (AvgIpc) is 2.41. The quantitative estimate of drug-likeness (QED) is 0.673.